The molecule has 1 fully saturated rings. The van der Waals surface area contributed by atoms with Gasteiger partial charge in [0.25, 0.3) is 0 Å². The Labute approximate surface area is 148 Å². The molecule has 0 radical (unpaired) electrons. The number of piperazine rings is 1. The lowest BCUT2D eigenvalue weighted by Gasteiger charge is -2.34. The molecule has 8 nitrogen and oxygen atoms in total. The highest BCUT2D eigenvalue weighted by atomic mass is 32.2. The van der Waals surface area contributed by atoms with Crippen molar-refractivity contribution in [2.45, 2.75) is 0 Å². The molecule has 1 aliphatic heterocycles. The molecule has 1 aliphatic rings. The molecule has 1 saturated heterocycles. The van der Waals surface area contributed by atoms with Gasteiger partial charge in [0, 0.05) is 26.2 Å². The predicted octanol–water partition coefficient (Wildman–Crippen LogP) is 0.0132. The smallest absolute Gasteiger partial charge is 0.337 e. The highest BCUT2D eigenvalue weighted by Gasteiger charge is 2.26. The number of nitrogens with zero attached hydrogens (tertiary/aromatic N) is 3. The number of rotatable bonds is 5. The second kappa shape index (κ2) is 7.83. The second-order valence-corrected chi connectivity index (χ2v) is 7.90. The first-order chi connectivity index (χ1) is 11.7. The van der Waals surface area contributed by atoms with E-state index in [0.29, 0.717) is 13.1 Å². The van der Waals surface area contributed by atoms with Crippen molar-refractivity contribution in [1.82, 2.24) is 9.80 Å². The molecular weight excluding hydrogens is 346 g/mol. The Morgan fingerprint density at radius 3 is 2.40 bits per heavy atom. The zero-order chi connectivity index (χ0) is 18.6. The molecule has 1 aromatic carbocycles. The van der Waals surface area contributed by atoms with Crippen LogP contribution in [0.1, 0.15) is 10.4 Å². The molecule has 2 rings (SSSR count). The number of ether oxygens (including phenoxy) is 1. The Kier molecular flexibility index (Phi) is 6.02. The molecule has 0 N–H and O–H groups in total. The Bertz CT molecular complexity index is 742. The van der Waals surface area contributed by atoms with Gasteiger partial charge in [0.05, 0.1) is 24.6 Å². The van der Waals surface area contributed by atoms with Crippen LogP contribution in [0.4, 0.5) is 5.69 Å². The minimum Gasteiger partial charge on any atom is -0.465 e. The molecule has 138 valence electrons. The van der Waals surface area contributed by atoms with Gasteiger partial charge in [-0.15, -0.1) is 0 Å². The van der Waals surface area contributed by atoms with Crippen molar-refractivity contribution in [2.24, 2.45) is 0 Å². The molecular formula is C16H23N3O5S. The zero-order valence-electron chi connectivity index (χ0n) is 14.6. The number of sulfonamides is 1. The minimum atomic E-state index is -3.69. The van der Waals surface area contributed by atoms with Gasteiger partial charge < -0.3 is 14.5 Å². The standard InChI is InChI=1S/C16H23N3O5S/c1-17-7-9-18(10-8-17)15(20)12-19(25(3,22)23)14-6-4-5-13(11-14)16(21)24-2/h4-6,11H,7-10,12H2,1-3H3. The van der Waals surface area contributed by atoms with E-state index in [1.807, 2.05) is 7.05 Å². The number of carbonyl (C=O) groups is 2. The Hall–Kier alpha value is -2.13. The molecule has 1 heterocycles. The van der Waals surface area contributed by atoms with Crippen LogP contribution in [0.5, 0.6) is 0 Å². The minimum absolute atomic E-state index is 0.223. The lowest BCUT2D eigenvalue weighted by Crippen LogP contribution is -2.50. The van der Waals surface area contributed by atoms with Crippen LogP contribution in [0.3, 0.4) is 0 Å². The highest BCUT2D eigenvalue weighted by Crippen LogP contribution is 2.20. The van der Waals surface area contributed by atoms with Gasteiger partial charge in [-0.2, -0.15) is 0 Å². The first kappa shape index (κ1) is 19.2. The van der Waals surface area contributed by atoms with Gasteiger partial charge in [-0.1, -0.05) is 6.07 Å². The van der Waals surface area contributed by atoms with Crippen molar-refractivity contribution in [3.63, 3.8) is 0 Å². The molecule has 9 heteroatoms. The van der Waals surface area contributed by atoms with E-state index in [-0.39, 0.29) is 23.7 Å². The van der Waals surface area contributed by atoms with Gasteiger partial charge in [-0.05, 0) is 25.2 Å². The fraction of sp³-hybridized carbons (Fsp3) is 0.500. The number of hydrogen-bond acceptors (Lipinski definition) is 6. The Balaban J connectivity index is 2.23. The third kappa shape index (κ3) is 4.93. The highest BCUT2D eigenvalue weighted by molar-refractivity contribution is 7.92. The summed E-state index contributed by atoms with van der Waals surface area (Å²) in [5.41, 5.74) is 0.480. The number of anilines is 1. The Morgan fingerprint density at radius 2 is 1.84 bits per heavy atom. The maximum Gasteiger partial charge on any atom is 0.337 e. The van der Waals surface area contributed by atoms with Gasteiger partial charge in [0.2, 0.25) is 15.9 Å². The monoisotopic (exact) mass is 369 g/mol. The molecule has 0 aliphatic carbocycles. The third-order valence-electron chi connectivity index (χ3n) is 4.09. The summed E-state index contributed by atoms with van der Waals surface area (Å²) < 4.78 is 30.0. The largest absolute Gasteiger partial charge is 0.465 e. The van der Waals surface area contributed by atoms with Crippen molar-refractivity contribution in [2.75, 3.05) is 57.4 Å². The van der Waals surface area contributed by atoms with E-state index < -0.39 is 16.0 Å². The van der Waals surface area contributed by atoms with Crippen LogP contribution in [0.15, 0.2) is 24.3 Å². The summed E-state index contributed by atoms with van der Waals surface area (Å²) in [6.07, 6.45) is 1.04. The summed E-state index contributed by atoms with van der Waals surface area (Å²) in [5, 5.41) is 0. The van der Waals surface area contributed by atoms with E-state index in [0.717, 1.165) is 23.7 Å². The van der Waals surface area contributed by atoms with E-state index in [4.69, 9.17) is 0 Å². The average Bonchev–Trinajstić information content (AvgIpc) is 2.58. The summed E-state index contributed by atoms with van der Waals surface area (Å²) in [6, 6.07) is 6.03. The molecule has 0 unspecified atom stereocenters. The normalized spacial score (nSPS) is 15.7. The quantitative estimate of drug-likeness (QED) is 0.680. The summed E-state index contributed by atoms with van der Waals surface area (Å²) in [5.74, 6) is -0.831. The maximum absolute atomic E-state index is 12.5. The Morgan fingerprint density at radius 1 is 1.20 bits per heavy atom. The summed E-state index contributed by atoms with van der Waals surface area (Å²) in [6.45, 7) is 2.34. The van der Waals surface area contributed by atoms with Crippen molar-refractivity contribution in [1.29, 1.82) is 0 Å². The van der Waals surface area contributed by atoms with E-state index in [1.54, 1.807) is 17.0 Å². The van der Waals surface area contributed by atoms with Crippen molar-refractivity contribution in [3.8, 4) is 0 Å². The second-order valence-electron chi connectivity index (χ2n) is 6.00. The number of benzene rings is 1. The zero-order valence-corrected chi connectivity index (χ0v) is 15.5. The number of carbonyl (C=O) groups excluding carboxylic acids is 2. The van der Waals surface area contributed by atoms with Gasteiger partial charge in [0.1, 0.15) is 6.54 Å². The predicted molar refractivity (Wildman–Crippen MR) is 94.0 cm³/mol. The fourth-order valence-corrected chi connectivity index (χ4v) is 3.43. The van der Waals surface area contributed by atoms with Crippen LogP contribution in [-0.4, -0.2) is 83.2 Å². The molecule has 0 bridgehead atoms. The summed E-state index contributed by atoms with van der Waals surface area (Å²) >= 11 is 0. The van der Waals surface area contributed by atoms with Gasteiger partial charge in [-0.25, -0.2) is 13.2 Å². The molecule has 0 spiro atoms. The van der Waals surface area contributed by atoms with E-state index >= 15 is 0 Å². The third-order valence-corrected chi connectivity index (χ3v) is 5.23. The number of methoxy groups -OCH3 is 1. The lowest BCUT2D eigenvalue weighted by molar-refractivity contribution is -0.131. The van der Waals surface area contributed by atoms with Crippen molar-refractivity contribution >= 4 is 27.6 Å². The van der Waals surface area contributed by atoms with E-state index in [1.165, 1.54) is 19.2 Å². The topological polar surface area (TPSA) is 87.2 Å². The van der Waals surface area contributed by atoms with E-state index in [9.17, 15) is 18.0 Å². The van der Waals surface area contributed by atoms with Crippen LogP contribution in [0, 0.1) is 0 Å². The first-order valence-corrected chi connectivity index (χ1v) is 9.69. The number of amides is 1. The fourth-order valence-electron chi connectivity index (χ4n) is 2.58. The molecule has 0 atom stereocenters. The molecule has 0 aromatic heterocycles. The van der Waals surface area contributed by atoms with E-state index in [2.05, 4.69) is 9.64 Å². The van der Waals surface area contributed by atoms with Crippen LogP contribution < -0.4 is 4.31 Å². The molecule has 25 heavy (non-hydrogen) atoms. The van der Waals surface area contributed by atoms with Crippen LogP contribution in [0.25, 0.3) is 0 Å². The summed E-state index contributed by atoms with van der Waals surface area (Å²) in [4.78, 5) is 28.0. The van der Waals surface area contributed by atoms with Crippen LogP contribution in [-0.2, 0) is 19.6 Å². The van der Waals surface area contributed by atoms with Crippen LogP contribution in [0.2, 0.25) is 0 Å². The van der Waals surface area contributed by atoms with Gasteiger partial charge in [-0.3, -0.25) is 9.10 Å². The molecule has 1 aromatic rings. The average molecular weight is 369 g/mol. The van der Waals surface area contributed by atoms with Crippen molar-refractivity contribution < 1.29 is 22.7 Å². The number of hydrogen-bond donors (Lipinski definition) is 0. The molecule has 0 saturated carbocycles. The van der Waals surface area contributed by atoms with Crippen molar-refractivity contribution in [3.05, 3.63) is 29.8 Å². The summed E-state index contributed by atoms with van der Waals surface area (Å²) in [7, 11) is -0.463. The number of likely N-dealkylation sites (N-methyl/N-ethyl adjacent to an activating group) is 1. The van der Waals surface area contributed by atoms with Gasteiger partial charge >= 0.3 is 5.97 Å². The number of esters is 1. The molecule has 1 amide bonds. The SMILES string of the molecule is COC(=O)c1cccc(N(CC(=O)N2CCN(C)CC2)S(C)(=O)=O)c1. The lowest BCUT2D eigenvalue weighted by atomic mass is 10.2. The van der Waals surface area contributed by atoms with Gasteiger partial charge in [0.15, 0.2) is 0 Å². The maximum atomic E-state index is 12.5. The van der Waals surface area contributed by atoms with Crippen LogP contribution >= 0.6 is 0 Å². The first-order valence-electron chi connectivity index (χ1n) is 7.85.